The largest absolute Gasteiger partial charge is 0.490 e. The van der Waals surface area contributed by atoms with Gasteiger partial charge in [0.05, 0.1) is 21.5 Å². The van der Waals surface area contributed by atoms with E-state index in [-0.39, 0.29) is 0 Å². The Labute approximate surface area is 239 Å². The number of carboxylic acids is 1. The van der Waals surface area contributed by atoms with Gasteiger partial charge in [0, 0.05) is 24.5 Å². The number of nitrogens with zero attached hydrogens (tertiary/aromatic N) is 1. The molecule has 0 unspecified atom stereocenters. The third kappa shape index (κ3) is 7.96. The number of nitrogens with two attached hydrogens (primary N) is 1. The van der Waals surface area contributed by atoms with Gasteiger partial charge in [-0.05, 0) is 52.6 Å². The summed E-state index contributed by atoms with van der Waals surface area (Å²) in [6, 6.07) is 24.1. The number of carboxylic acid groups (broad SMARTS) is 1. The van der Waals surface area contributed by atoms with E-state index in [1.807, 2.05) is 24.3 Å². The van der Waals surface area contributed by atoms with Gasteiger partial charge in [0.25, 0.3) is 0 Å². The molecule has 0 atom stereocenters. The van der Waals surface area contributed by atoms with Gasteiger partial charge < -0.3 is 21.1 Å². The number of imidazole rings is 1. The van der Waals surface area contributed by atoms with Crippen LogP contribution in [-0.4, -0.2) is 27.2 Å². The third-order valence-corrected chi connectivity index (χ3v) is 7.19. The Morgan fingerprint density at radius 1 is 0.833 bits per heavy atom. The molecule has 0 amide bonds. The van der Waals surface area contributed by atoms with Gasteiger partial charge in [0.2, 0.25) is 0 Å². The number of aliphatic carboxylic acids is 1. The van der Waals surface area contributed by atoms with Gasteiger partial charge in [0.15, 0.2) is 0 Å². The number of rotatable bonds is 7. The van der Waals surface area contributed by atoms with Crippen LogP contribution in [0, 0.1) is 0 Å². The van der Waals surface area contributed by atoms with Crippen LogP contribution in [0.4, 0.5) is 26.3 Å². The lowest BCUT2D eigenvalue weighted by molar-refractivity contribution is -0.192. The van der Waals surface area contributed by atoms with Crippen LogP contribution in [0.5, 0.6) is 0 Å². The molecular weight excluding hydrogens is 582 g/mol. The molecule has 0 saturated heterocycles. The summed E-state index contributed by atoms with van der Waals surface area (Å²) in [4.78, 5) is 18.3. The Balaban J connectivity index is 0.000000517. The number of carbonyl (C=O) groups is 1. The minimum atomic E-state index is -5.08. The third-order valence-electron chi connectivity index (χ3n) is 6.05. The number of fused-ring (bicyclic) bond motifs is 1. The number of halogens is 6. The molecule has 3 aromatic carbocycles. The summed E-state index contributed by atoms with van der Waals surface area (Å²) in [5.74, 6) is -2.19. The van der Waals surface area contributed by atoms with Gasteiger partial charge in [-0.25, -0.2) is 9.78 Å². The van der Waals surface area contributed by atoms with Crippen LogP contribution in [0.25, 0.3) is 32.2 Å². The number of nitrogens with one attached hydrogen (secondary N) is 2. The summed E-state index contributed by atoms with van der Waals surface area (Å²) in [5, 5.41) is 10.6. The predicted molar refractivity (Wildman–Crippen MR) is 148 cm³/mol. The van der Waals surface area contributed by atoms with Gasteiger partial charge in [-0.1, -0.05) is 48.5 Å². The van der Waals surface area contributed by atoms with Crippen molar-refractivity contribution < 1.29 is 36.2 Å². The van der Waals surface area contributed by atoms with Crippen molar-refractivity contribution in [2.24, 2.45) is 5.73 Å². The second-order valence-corrected chi connectivity index (χ2v) is 10.2. The average Bonchev–Trinajstić information content (AvgIpc) is 3.60. The van der Waals surface area contributed by atoms with Crippen molar-refractivity contribution >= 4 is 28.3 Å². The highest BCUT2D eigenvalue weighted by molar-refractivity contribution is 7.18. The molecule has 0 fully saturated rings. The predicted octanol–water partition coefficient (Wildman–Crippen LogP) is 7.36. The maximum absolute atomic E-state index is 13.0. The van der Waals surface area contributed by atoms with Crippen LogP contribution < -0.4 is 11.1 Å². The highest BCUT2D eigenvalue weighted by Crippen LogP contribution is 2.35. The summed E-state index contributed by atoms with van der Waals surface area (Å²) >= 11 is 1.55. The van der Waals surface area contributed by atoms with Crippen molar-refractivity contribution in [3.8, 4) is 21.1 Å². The number of aromatic amines is 1. The SMILES string of the molecule is NCc1ccc(CNCc2ccc(-c3ccc(-c4nc5ccc(C(F)(F)F)cc5[nH]4)s3)cc2)cc1.O=C(O)C(F)(F)F. The summed E-state index contributed by atoms with van der Waals surface area (Å²) in [5.41, 5.74) is 10.4. The molecule has 220 valence electrons. The lowest BCUT2D eigenvalue weighted by Gasteiger charge is -2.07. The Morgan fingerprint density at radius 3 is 1.93 bits per heavy atom. The van der Waals surface area contributed by atoms with Crippen LogP contribution >= 0.6 is 11.3 Å². The van der Waals surface area contributed by atoms with Crippen LogP contribution in [0.15, 0.2) is 78.9 Å². The van der Waals surface area contributed by atoms with Gasteiger partial charge in [-0.15, -0.1) is 11.3 Å². The van der Waals surface area contributed by atoms with Crippen molar-refractivity contribution in [1.82, 2.24) is 15.3 Å². The molecular formula is C29H24F6N4O2S. The highest BCUT2D eigenvalue weighted by Gasteiger charge is 2.38. The molecule has 0 spiro atoms. The van der Waals surface area contributed by atoms with E-state index in [9.17, 15) is 26.3 Å². The molecule has 0 bridgehead atoms. The first-order valence-corrected chi connectivity index (χ1v) is 13.2. The minimum Gasteiger partial charge on any atom is -0.475 e. The first-order chi connectivity index (χ1) is 19.8. The zero-order chi connectivity index (χ0) is 30.5. The second-order valence-electron chi connectivity index (χ2n) is 9.10. The highest BCUT2D eigenvalue weighted by atomic mass is 32.1. The van der Waals surface area contributed by atoms with Crippen LogP contribution in [-0.2, 0) is 30.6 Å². The van der Waals surface area contributed by atoms with Crippen molar-refractivity contribution in [3.05, 3.63) is 101 Å². The van der Waals surface area contributed by atoms with E-state index in [1.165, 1.54) is 17.2 Å². The van der Waals surface area contributed by atoms with E-state index in [4.69, 9.17) is 15.6 Å². The molecule has 0 radical (unpaired) electrons. The zero-order valence-electron chi connectivity index (χ0n) is 21.7. The summed E-state index contributed by atoms with van der Waals surface area (Å²) < 4.78 is 70.7. The maximum Gasteiger partial charge on any atom is 0.490 e. The van der Waals surface area contributed by atoms with E-state index in [0.29, 0.717) is 23.4 Å². The van der Waals surface area contributed by atoms with E-state index < -0.39 is 23.9 Å². The Hall–Kier alpha value is -4.20. The monoisotopic (exact) mass is 606 g/mol. The van der Waals surface area contributed by atoms with E-state index in [2.05, 4.69) is 51.7 Å². The Bertz CT molecular complexity index is 1640. The van der Waals surface area contributed by atoms with Gasteiger partial charge in [0.1, 0.15) is 5.82 Å². The minimum absolute atomic E-state index is 0.372. The van der Waals surface area contributed by atoms with Crippen LogP contribution in [0.3, 0.4) is 0 Å². The number of alkyl halides is 6. The number of benzene rings is 3. The first kappa shape index (κ1) is 30.8. The normalized spacial score (nSPS) is 11.8. The van der Waals surface area contributed by atoms with Crippen LogP contribution in [0.1, 0.15) is 22.3 Å². The standard InChI is InChI=1S/C27H23F3N4S.C2HF3O2/c28-27(29,30)21-9-10-22-23(13-21)34-26(33-22)25-12-11-24(35-25)20-7-5-19(6-8-20)16-32-15-18-3-1-17(14-31)2-4-18;3-2(4,5)1(6)7/h1-13,32H,14-16,31H2,(H,33,34);(H,6,7). The number of thiophene rings is 1. The topological polar surface area (TPSA) is 104 Å². The molecule has 13 heteroatoms. The molecule has 6 nitrogen and oxygen atoms in total. The molecule has 5 N–H and O–H groups in total. The van der Waals surface area contributed by atoms with E-state index in [0.717, 1.165) is 46.1 Å². The van der Waals surface area contributed by atoms with Crippen molar-refractivity contribution in [1.29, 1.82) is 0 Å². The second kappa shape index (κ2) is 12.8. The molecule has 0 aliphatic rings. The molecule has 2 heterocycles. The van der Waals surface area contributed by atoms with Crippen molar-refractivity contribution in [2.45, 2.75) is 32.0 Å². The molecule has 42 heavy (non-hydrogen) atoms. The number of H-pyrrole nitrogens is 1. The van der Waals surface area contributed by atoms with Gasteiger partial charge in [-0.3, -0.25) is 0 Å². The number of hydrogen-bond donors (Lipinski definition) is 4. The van der Waals surface area contributed by atoms with E-state index >= 15 is 0 Å². The first-order valence-electron chi connectivity index (χ1n) is 12.4. The fourth-order valence-electron chi connectivity index (χ4n) is 3.85. The molecule has 2 aromatic heterocycles. The van der Waals surface area contributed by atoms with Gasteiger partial charge >= 0.3 is 18.3 Å². The van der Waals surface area contributed by atoms with Gasteiger partial charge in [-0.2, -0.15) is 26.3 Å². The lowest BCUT2D eigenvalue weighted by Crippen LogP contribution is -2.21. The number of hydrogen-bond acceptors (Lipinski definition) is 5. The maximum atomic E-state index is 13.0. The Kier molecular flexibility index (Phi) is 9.34. The number of aromatic nitrogens is 2. The Morgan fingerprint density at radius 2 is 1.38 bits per heavy atom. The molecule has 0 aliphatic heterocycles. The fraction of sp³-hybridized carbons (Fsp3) is 0.172. The molecule has 5 rings (SSSR count). The smallest absolute Gasteiger partial charge is 0.475 e. The lowest BCUT2D eigenvalue weighted by atomic mass is 10.1. The van der Waals surface area contributed by atoms with E-state index in [1.54, 1.807) is 11.3 Å². The van der Waals surface area contributed by atoms with Crippen molar-refractivity contribution in [3.63, 3.8) is 0 Å². The molecule has 5 aromatic rings. The molecule has 0 aliphatic carbocycles. The summed E-state index contributed by atoms with van der Waals surface area (Å²) in [7, 11) is 0. The zero-order valence-corrected chi connectivity index (χ0v) is 22.5. The average molecular weight is 607 g/mol. The van der Waals surface area contributed by atoms with Crippen LogP contribution in [0.2, 0.25) is 0 Å². The fourth-order valence-corrected chi connectivity index (χ4v) is 4.81. The summed E-state index contributed by atoms with van der Waals surface area (Å²) in [6.45, 7) is 2.09. The quantitative estimate of drug-likeness (QED) is 0.145. The molecule has 0 saturated carbocycles. The van der Waals surface area contributed by atoms with Crippen molar-refractivity contribution in [2.75, 3.05) is 0 Å². The summed E-state index contributed by atoms with van der Waals surface area (Å²) in [6.07, 6.45) is -9.46.